The van der Waals surface area contributed by atoms with Crippen LogP contribution in [0, 0.1) is 0 Å². The number of hydrogen-bond acceptors (Lipinski definition) is 6. The van der Waals surface area contributed by atoms with Gasteiger partial charge in [-0.1, -0.05) is 35.6 Å². The molecular formula is C24H20N4O3S. The monoisotopic (exact) mass is 444 g/mol. The summed E-state index contributed by atoms with van der Waals surface area (Å²) in [6.07, 6.45) is 2.81. The standard InChI is InChI=1S/C24H20N4O3S/c1-2-30-18-11-5-7-14-13-19(31-21(14)18)23(29)26-22-15-8-6-10-16(15)27-28(22)24-25-17-9-3-4-12-20(17)32-24/h3-5,7,9,11-13H,2,6,8,10H2,1H3,(H,26,29). The number of para-hydroxylation sites is 2. The third-order valence-corrected chi connectivity index (χ3v) is 6.65. The number of thiazole rings is 1. The summed E-state index contributed by atoms with van der Waals surface area (Å²) in [5, 5.41) is 9.40. The Morgan fingerprint density at radius 1 is 1.22 bits per heavy atom. The molecule has 1 aliphatic carbocycles. The topological polar surface area (TPSA) is 82.2 Å². The molecule has 1 N–H and O–H groups in total. The molecule has 32 heavy (non-hydrogen) atoms. The van der Waals surface area contributed by atoms with Crippen LogP contribution in [0.2, 0.25) is 0 Å². The van der Waals surface area contributed by atoms with Gasteiger partial charge in [0, 0.05) is 10.9 Å². The lowest BCUT2D eigenvalue weighted by molar-refractivity contribution is 0.0997. The van der Waals surface area contributed by atoms with E-state index in [4.69, 9.17) is 19.2 Å². The van der Waals surface area contributed by atoms with Gasteiger partial charge in [-0.25, -0.2) is 4.98 Å². The van der Waals surface area contributed by atoms with Gasteiger partial charge in [0.1, 0.15) is 5.82 Å². The molecule has 0 unspecified atom stereocenters. The fourth-order valence-electron chi connectivity index (χ4n) is 4.20. The van der Waals surface area contributed by atoms with Crippen LogP contribution in [-0.2, 0) is 12.8 Å². The Kier molecular flexibility index (Phi) is 4.46. The summed E-state index contributed by atoms with van der Waals surface area (Å²) in [5.74, 6) is 1.22. The highest BCUT2D eigenvalue weighted by atomic mass is 32.1. The first-order valence-electron chi connectivity index (χ1n) is 10.6. The van der Waals surface area contributed by atoms with Crippen molar-refractivity contribution in [2.75, 3.05) is 11.9 Å². The zero-order valence-electron chi connectivity index (χ0n) is 17.4. The van der Waals surface area contributed by atoms with Crippen molar-refractivity contribution in [2.24, 2.45) is 0 Å². The molecule has 7 nitrogen and oxygen atoms in total. The summed E-state index contributed by atoms with van der Waals surface area (Å²) in [5.41, 5.74) is 3.58. The summed E-state index contributed by atoms with van der Waals surface area (Å²) in [4.78, 5) is 17.9. The fourth-order valence-corrected chi connectivity index (χ4v) is 5.12. The molecule has 8 heteroatoms. The van der Waals surface area contributed by atoms with Gasteiger partial charge in [0.2, 0.25) is 5.13 Å². The molecule has 0 saturated heterocycles. The molecule has 0 aliphatic heterocycles. The molecule has 0 saturated carbocycles. The lowest BCUT2D eigenvalue weighted by Gasteiger charge is -2.07. The van der Waals surface area contributed by atoms with Gasteiger partial charge >= 0.3 is 0 Å². The summed E-state index contributed by atoms with van der Waals surface area (Å²) in [6.45, 7) is 2.44. The average molecular weight is 445 g/mol. The lowest BCUT2D eigenvalue weighted by Crippen LogP contribution is -2.15. The number of aryl methyl sites for hydroxylation is 1. The van der Waals surface area contributed by atoms with Crippen LogP contribution in [0.1, 0.15) is 35.2 Å². The van der Waals surface area contributed by atoms with E-state index in [-0.39, 0.29) is 11.7 Å². The van der Waals surface area contributed by atoms with Crippen molar-refractivity contribution < 1.29 is 13.9 Å². The van der Waals surface area contributed by atoms with Crippen LogP contribution in [0.4, 0.5) is 5.82 Å². The van der Waals surface area contributed by atoms with E-state index in [2.05, 4.69) is 5.32 Å². The van der Waals surface area contributed by atoms with Crippen molar-refractivity contribution in [3.63, 3.8) is 0 Å². The highest BCUT2D eigenvalue weighted by Crippen LogP contribution is 2.35. The number of amides is 1. The normalized spacial score (nSPS) is 13.0. The van der Waals surface area contributed by atoms with Crippen molar-refractivity contribution in [1.82, 2.24) is 14.8 Å². The summed E-state index contributed by atoms with van der Waals surface area (Å²) < 4.78 is 14.4. The van der Waals surface area contributed by atoms with Gasteiger partial charge in [0.15, 0.2) is 17.1 Å². The SMILES string of the molecule is CCOc1cccc2cc(C(=O)Nc3c4c(nn3-c3nc5ccccc5s3)CCC4)oc12. The quantitative estimate of drug-likeness (QED) is 0.394. The number of hydrogen-bond donors (Lipinski definition) is 1. The Bertz CT molecular complexity index is 1450. The Balaban J connectivity index is 1.39. The number of ether oxygens (including phenoxy) is 1. The van der Waals surface area contributed by atoms with Crippen molar-refractivity contribution in [1.29, 1.82) is 0 Å². The minimum atomic E-state index is -0.319. The Morgan fingerprint density at radius 2 is 2.12 bits per heavy atom. The van der Waals surface area contributed by atoms with E-state index in [1.165, 1.54) is 0 Å². The minimum absolute atomic E-state index is 0.232. The first kappa shape index (κ1) is 19.1. The van der Waals surface area contributed by atoms with Crippen LogP contribution >= 0.6 is 11.3 Å². The Morgan fingerprint density at radius 3 is 3.00 bits per heavy atom. The number of fused-ring (bicyclic) bond motifs is 3. The minimum Gasteiger partial charge on any atom is -0.490 e. The highest BCUT2D eigenvalue weighted by molar-refractivity contribution is 7.20. The van der Waals surface area contributed by atoms with E-state index in [9.17, 15) is 4.79 Å². The maximum atomic E-state index is 13.2. The van der Waals surface area contributed by atoms with Gasteiger partial charge in [-0.05, 0) is 50.5 Å². The van der Waals surface area contributed by atoms with E-state index in [0.717, 1.165) is 51.3 Å². The van der Waals surface area contributed by atoms with Crippen molar-refractivity contribution in [2.45, 2.75) is 26.2 Å². The Labute approximate surface area is 187 Å². The number of carbonyl (C=O) groups excluding carboxylic acids is 1. The van der Waals surface area contributed by atoms with Gasteiger partial charge in [0.05, 0.1) is 22.5 Å². The molecule has 3 aromatic heterocycles. The number of aromatic nitrogens is 3. The van der Waals surface area contributed by atoms with Gasteiger partial charge in [-0.2, -0.15) is 9.78 Å². The third kappa shape index (κ3) is 3.06. The number of rotatable bonds is 5. The Hall–Kier alpha value is -3.65. The first-order chi connectivity index (χ1) is 15.7. The second-order valence-electron chi connectivity index (χ2n) is 7.68. The summed E-state index contributed by atoms with van der Waals surface area (Å²) in [6, 6.07) is 15.4. The van der Waals surface area contributed by atoms with E-state index < -0.39 is 0 Å². The van der Waals surface area contributed by atoms with E-state index in [0.29, 0.717) is 23.8 Å². The molecule has 0 spiro atoms. The smallest absolute Gasteiger partial charge is 0.292 e. The third-order valence-electron chi connectivity index (χ3n) is 5.63. The fraction of sp³-hybridized carbons (Fsp3) is 0.208. The zero-order chi connectivity index (χ0) is 21.7. The van der Waals surface area contributed by atoms with Crippen LogP contribution in [0.25, 0.3) is 26.3 Å². The number of anilines is 1. The van der Waals surface area contributed by atoms with E-state index in [1.54, 1.807) is 22.1 Å². The first-order valence-corrected chi connectivity index (χ1v) is 11.5. The summed E-state index contributed by atoms with van der Waals surface area (Å²) in [7, 11) is 0. The predicted molar refractivity (Wildman–Crippen MR) is 124 cm³/mol. The van der Waals surface area contributed by atoms with Crippen molar-refractivity contribution in [3.8, 4) is 10.9 Å². The maximum absolute atomic E-state index is 13.2. The van der Waals surface area contributed by atoms with Crippen LogP contribution in [0.5, 0.6) is 5.75 Å². The van der Waals surface area contributed by atoms with Gasteiger partial charge in [0.25, 0.3) is 5.91 Å². The second kappa shape index (κ2) is 7.49. The predicted octanol–water partition coefficient (Wildman–Crippen LogP) is 5.37. The van der Waals surface area contributed by atoms with Crippen LogP contribution in [0.3, 0.4) is 0 Å². The molecule has 1 amide bonds. The molecule has 0 bridgehead atoms. The zero-order valence-corrected chi connectivity index (χ0v) is 18.2. The molecule has 6 rings (SSSR count). The van der Waals surface area contributed by atoms with Crippen LogP contribution in [0.15, 0.2) is 52.9 Å². The molecular weight excluding hydrogens is 424 g/mol. The molecule has 0 fully saturated rings. The second-order valence-corrected chi connectivity index (χ2v) is 8.68. The van der Waals surface area contributed by atoms with Crippen LogP contribution < -0.4 is 10.1 Å². The molecule has 0 radical (unpaired) electrons. The molecule has 0 atom stereocenters. The van der Waals surface area contributed by atoms with E-state index >= 15 is 0 Å². The molecule has 2 aromatic carbocycles. The number of nitrogens with zero attached hydrogens (tertiary/aromatic N) is 3. The van der Waals surface area contributed by atoms with Gasteiger partial charge in [-0.15, -0.1) is 0 Å². The highest BCUT2D eigenvalue weighted by Gasteiger charge is 2.27. The largest absolute Gasteiger partial charge is 0.490 e. The molecule has 160 valence electrons. The van der Waals surface area contributed by atoms with Crippen molar-refractivity contribution in [3.05, 3.63) is 65.5 Å². The van der Waals surface area contributed by atoms with E-state index in [1.807, 2.05) is 49.4 Å². The lowest BCUT2D eigenvalue weighted by atomic mass is 10.2. The molecule has 5 aromatic rings. The molecule has 3 heterocycles. The van der Waals surface area contributed by atoms with Gasteiger partial charge < -0.3 is 14.5 Å². The molecule has 1 aliphatic rings. The number of furan rings is 1. The number of nitrogens with one attached hydrogen (secondary N) is 1. The maximum Gasteiger partial charge on any atom is 0.292 e. The average Bonchev–Trinajstić information content (AvgIpc) is 3.56. The summed E-state index contributed by atoms with van der Waals surface area (Å²) >= 11 is 1.55. The van der Waals surface area contributed by atoms with Crippen molar-refractivity contribution >= 4 is 44.2 Å². The van der Waals surface area contributed by atoms with Gasteiger partial charge in [-0.3, -0.25) is 4.79 Å². The van der Waals surface area contributed by atoms with Crippen LogP contribution in [-0.4, -0.2) is 27.3 Å². The number of benzene rings is 2. The number of carbonyl (C=O) groups is 1.